The molecule has 2 heterocycles. The van der Waals surface area contributed by atoms with Crippen molar-refractivity contribution in [2.75, 3.05) is 23.7 Å². The maximum Gasteiger partial charge on any atom is 0.183 e. The second kappa shape index (κ2) is 5.62. The van der Waals surface area contributed by atoms with Gasteiger partial charge in [0.1, 0.15) is 5.82 Å². The first-order valence-corrected chi connectivity index (χ1v) is 6.83. The molecule has 0 amide bonds. The summed E-state index contributed by atoms with van der Waals surface area (Å²) in [5, 5.41) is 7.44. The summed E-state index contributed by atoms with van der Waals surface area (Å²) >= 11 is 1.67. The number of fused-ring (bicyclic) bond motifs is 1. The minimum Gasteiger partial charge on any atom is -0.367 e. The Bertz CT molecular complexity index is 619. The van der Waals surface area contributed by atoms with Crippen molar-refractivity contribution in [1.82, 2.24) is 15.0 Å². The van der Waals surface area contributed by atoms with Crippen molar-refractivity contribution in [2.45, 2.75) is 0 Å². The van der Waals surface area contributed by atoms with Gasteiger partial charge < -0.3 is 10.6 Å². The zero-order valence-corrected chi connectivity index (χ0v) is 11.0. The van der Waals surface area contributed by atoms with E-state index in [9.17, 15) is 0 Å². The van der Waals surface area contributed by atoms with Gasteiger partial charge in [0.15, 0.2) is 5.13 Å². The fourth-order valence-electron chi connectivity index (χ4n) is 1.70. The average Bonchev–Trinajstić information content (AvgIpc) is 2.87. The van der Waals surface area contributed by atoms with E-state index in [-0.39, 0.29) is 0 Å². The summed E-state index contributed by atoms with van der Waals surface area (Å²) in [5.74, 6) is 0.786. The highest BCUT2D eigenvalue weighted by atomic mass is 32.1. The van der Waals surface area contributed by atoms with Crippen LogP contribution in [0.2, 0.25) is 0 Å². The van der Waals surface area contributed by atoms with Crippen molar-refractivity contribution in [1.29, 1.82) is 0 Å². The van der Waals surface area contributed by atoms with Crippen molar-refractivity contribution in [3.63, 3.8) is 0 Å². The second-order valence-corrected chi connectivity index (χ2v) is 4.96. The lowest BCUT2D eigenvalue weighted by Gasteiger charge is -2.04. The monoisotopic (exact) mass is 271 g/mol. The van der Waals surface area contributed by atoms with Gasteiger partial charge in [0.25, 0.3) is 0 Å². The number of aromatic nitrogens is 3. The summed E-state index contributed by atoms with van der Waals surface area (Å²) in [7, 11) is 0. The van der Waals surface area contributed by atoms with Gasteiger partial charge in [-0.3, -0.25) is 4.98 Å². The van der Waals surface area contributed by atoms with Crippen LogP contribution in [0, 0.1) is 0 Å². The van der Waals surface area contributed by atoms with Gasteiger partial charge in [-0.05, 0) is 12.1 Å². The Morgan fingerprint density at radius 3 is 2.79 bits per heavy atom. The Balaban J connectivity index is 1.52. The Morgan fingerprint density at radius 2 is 1.95 bits per heavy atom. The van der Waals surface area contributed by atoms with E-state index in [1.807, 2.05) is 18.2 Å². The van der Waals surface area contributed by atoms with E-state index in [1.54, 1.807) is 29.9 Å². The number of rotatable bonds is 5. The number of nitrogens with one attached hydrogen (secondary N) is 2. The molecule has 6 heteroatoms. The van der Waals surface area contributed by atoms with Crippen molar-refractivity contribution in [2.24, 2.45) is 0 Å². The van der Waals surface area contributed by atoms with Gasteiger partial charge >= 0.3 is 0 Å². The standard InChI is InChI=1S/C13H13N5S/c1-2-4-11-10(3-1)18-13(19-11)17-8-7-16-12-9-14-5-6-15-12/h1-6,9H,7-8H2,(H,15,16)(H,17,18). The van der Waals surface area contributed by atoms with Gasteiger partial charge in [-0.15, -0.1) is 0 Å². The highest BCUT2D eigenvalue weighted by Gasteiger charge is 2.01. The highest BCUT2D eigenvalue weighted by molar-refractivity contribution is 7.22. The smallest absolute Gasteiger partial charge is 0.183 e. The number of nitrogens with zero attached hydrogens (tertiary/aromatic N) is 3. The first-order valence-electron chi connectivity index (χ1n) is 6.01. The molecule has 0 spiro atoms. The number of hydrogen-bond acceptors (Lipinski definition) is 6. The van der Waals surface area contributed by atoms with Crippen LogP contribution in [0.3, 0.4) is 0 Å². The molecule has 96 valence electrons. The van der Waals surface area contributed by atoms with E-state index < -0.39 is 0 Å². The second-order valence-electron chi connectivity index (χ2n) is 3.93. The molecule has 0 bridgehead atoms. The van der Waals surface area contributed by atoms with Crippen molar-refractivity contribution in [3.05, 3.63) is 42.9 Å². The van der Waals surface area contributed by atoms with Crippen molar-refractivity contribution in [3.8, 4) is 0 Å². The van der Waals surface area contributed by atoms with E-state index in [4.69, 9.17) is 0 Å². The highest BCUT2D eigenvalue weighted by Crippen LogP contribution is 2.24. The number of anilines is 2. The quantitative estimate of drug-likeness (QED) is 0.698. The Hall–Kier alpha value is -2.21. The van der Waals surface area contributed by atoms with Gasteiger partial charge in [-0.1, -0.05) is 23.5 Å². The van der Waals surface area contributed by atoms with E-state index in [2.05, 4.69) is 31.7 Å². The minimum atomic E-state index is 0.772. The van der Waals surface area contributed by atoms with Crippen LogP contribution in [0.4, 0.5) is 10.9 Å². The molecule has 1 aromatic carbocycles. The zero-order chi connectivity index (χ0) is 12.9. The molecule has 0 radical (unpaired) electrons. The SMILES string of the molecule is c1ccc2sc(NCCNc3cnccn3)nc2c1. The average molecular weight is 271 g/mol. The molecule has 0 aliphatic rings. The summed E-state index contributed by atoms with van der Waals surface area (Å²) in [5.41, 5.74) is 1.04. The molecule has 3 rings (SSSR count). The molecule has 5 nitrogen and oxygen atoms in total. The van der Waals surface area contributed by atoms with Crippen LogP contribution in [0.1, 0.15) is 0 Å². The van der Waals surface area contributed by atoms with E-state index in [0.29, 0.717) is 0 Å². The van der Waals surface area contributed by atoms with Gasteiger partial charge in [0.05, 0.1) is 16.4 Å². The maximum atomic E-state index is 4.51. The van der Waals surface area contributed by atoms with Crippen molar-refractivity contribution >= 4 is 32.5 Å². The Labute approximate surface area is 114 Å². The van der Waals surface area contributed by atoms with E-state index in [1.165, 1.54) is 4.70 Å². The first-order chi connectivity index (χ1) is 9.42. The largest absolute Gasteiger partial charge is 0.367 e. The summed E-state index contributed by atoms with van der Waals surface area (Å²) in [6, 6.07) is 8.13. The van der Waals surface area contributed by atoms with Gasteiger partial charge in [0, 0.05) is 25.5 Å². The van der Waals surface area contributed by atoms with Gasteiger partial charge in [-0.25, -0.2) is 9.97 Å². The molecule has 0 aliphatic heterocycles. The third-order valence-corrected chi connectivity index (χ3v) is 3.56. The fraction of sp³-hybridized carbons (Fsp3) is 0.154. The lowest BCUT2D eigenvalue weighted by atomic mass is 10.3. The number of thiazole rings is 1. The molecule has 0 aliphatic carbocycles. The topological polar surface area (TPSA) is 62.7 Å². The summed E-state index contributed by atoms with van der Waals surface area (Å²) in [6.07, 6.45) is 5.03. The summed E-state index contributed by atoms with van der Waals surface area (Å²) < 4.78 is 1.20. The van der Waals surface area contributed by atoms with Crippen LogP contribution in [0.25, 0.3) is 10.2 Å². The van der Waals surface area contributed by atoms with E-state index in [0.717, 1.165) is 29.6 Å². The van der Waals surface area contributed by atoms with Gasteiger partial charge in [0.2, 0.25) is 0 Å². The minimum absolute atomic E-state index is 0.772. The number of para-hydroxylation sites is 1. The summed E-state index contributed by atoms with van der Waals surface area (Å²) in [4.78, 5) is 12.6. The van der Waals surface area contributed by atoms with Crippen LogP contribution in [-0.4, -0.2) is 28.0 Å². The number of benzene rings is 1. The predicted molar refractivity (Wildman–Crippen MR) is 78.6 cm³/mol. The first kappa shape index (κ1) is 11.9. The molecule has 0 saturated carbocycles. The molecular weight excluding hydrogens is 258 g/mol. The molecule has 2 aromatic heterocycles. The zero-order valence-electron chi connectivity index (χ0n) is 10.2. The molecule has 0 saturated heterocycles. The van der Waals surface area contributed by atoms with Crippen LogP contribution in [0.15, 0.2) is 42.9 Å². The Morgan fingerprint density at radius 1 is 1.05 bits per heavy atom. The van der Waals surface area contributed by atoms with Crippen LogP contribution in [0.5, 0.6) is 0 Å². The molecule has 0 unspecified atom stereocenters. The third-order valence-electron chi connectivity index (χ3n) is 2.56. The predicted octanol–water partition coefficient (Wildman–Crippen LogP) is 2.61. The fourth-order valence-corrected chi connectivity index (χ4v) is 2.59. The number of hydrogen-bond donors (Lipinski definition) is 2. The normalized spacial score (nSPS) is 10.5. The molecule has 0 fully saturated rings. The van der Waals surface area contributed by atoms with Gasteiger partial charge in [-0.2, -0.15) is 0 Å². The van der Waals surface area contributed by atoms with Crippen LogP contribution < -0.4 is 10.6 Å². The Kier molecular flexibility index (Phi) is 3.51. The van der Waals surface area contributed by atoms with Crippen LogP contribution >= 0.6 is 11.3 Å². The van der Waals surface area contributed by atoms with E-state index >= 15 is 0 Å². The molecular formula is C13H13N5S. The maximum absolute atomic E-state index is 4.51. The summed E-state index contributed by atoms with van der Waals surface area (Å²) in [6.45, 7) is 1.56. The lowest BCUT2D eigenvalue weighted by molar-refractivity contribution is 1.05. The molecule has 2 N–H and O–H groups in total. The third kappa shape index (κ3) is 2.97. The van der Waals surface area contributed by atoms with Crippen molar-refractivity contribution < 1.29 is 0 Å². The molecule has 3 aromatic rings. The van der Waals surface area contributed by atoms with Crippen LogP contribution in [-0.2, 0) is 0 Å². The lowest BCUT2D eigenvalue weighted by Crippen LogP contribution is -2.14. The molecule has 19 heavy (non-hydrogen) atoms. The molecule has 0 atom stereocenters.